The summed E-state index contributed by atoms with van der Waals surface area (Å²) < 4.78 is 5.21. The van der Waals surface area contributed by atoms with E-state index in [9.17, 15) is 24.3 Å². The number of hydrogen-bond acceptors (Lipinski definition) is 6. The summed E-state index contributed by atoms with van der Waals surface area (Å²) >= 11 is 0. The highest BCUT2D eigenvalue weighted by Crippen LogP contribution is 2.27. The Morgan fingerprint density at radius 2 is 1.64 bits per heavy atom. The molecule has 0 aliphatic carbocycles. The molecule has 0 heterocycles. The van der Waals surface area contributed by atoms with Gasteiger partial charge in [-0.15, -0.1) is 0 Å². The number of nitrogens with zero attached hydrogens (tertiary/aromatic N) is 1. The lowest BCUT2D eigenvalue weighted by atomic mass is 10.0. The van der Waals surface area contributed by atoms with Crippen LogP contribution in [-0.4, -0.2) is 52.5 Å². The van der Waals surface area contributed by atoms with Crippen LogP contribution in [-0.2, 0) is 19.1 Å². The Balaban J connectivity index is 2.43. The van der Waals surface area contributed by atoms with Gasteiger partial charge in [-0.2, -0.15) is 0 Å². The average molecular weight is 499 g/mol. The molecule has 2 aromatic rings. The number of alkyl carbamates (subject to hydrolysis) is 1. The number of aromatic hydroxyl groups is 1. The van der Waals surface area contributed by atoms with E-state index in [4.69, 9.17) is 10.5 Å². The molecule has 36 heavy (non-hydrogen) atoms. The Labute approximate surface area is 210 Å². The van der Waals surface area contributed by atoms with Crippen LogP contribution >= 0.6 is 0 Å². The van der Waals surface area contributed by atoms with E-state index in [0.717, 1.165) is 16.0 Å². The highest BCUT2D eigenvalue weighted by atomic mass is 16.6. The molecule has 0 bridgehead atoms. The van der Waals surface area contributed by atoms with Crippen LogP contribution in [0.5, 0.6) is 5.75 Å². The van der Waals surface area contributed by atoms with Gasteiger partial charge in [0.15, 0.2) is 0 Å². The number of benzene rings is 2. The van der Waals surface area contributed by atoms with Gasteiger partial charge in [-0.3, -0.25) is 14.4 Å². The average Bonchev–Trinajstić information content (AvgIpc) is 2.74. The maximum Gasteiger partial charge on any atom is 0.408 e. The van der Waals surface area contributed by atoms with E-state index in [0.29, 0.717) is 11.3 Å². The first-order valence-corrected chi connectivity index (χ1v) is 11.4. The van der Waals surface area contributed by atoms with Crippen molar-refractivity contribution in [3.8, 4) is 5.75 Å². The molecule has 0 radical (unpaired) electrons. The van der Waals surface area contributed by atoms with Crippen molar-refractivity contribution in [1.82, 2.24) is 10.2 Å². The Hall–Kier alpha value is -4.08. The first kappa shape index (κ1) is 28.2. The number of likely N-dealkylation sites (N-methyl/N-ethyl adjacent to an activating group) is 1. The van der Waals surface area contributed by atoms with E-state index in [1.807, 2.05) is 32.0 Å². The number of ether oxygens (including phenoxy) is 1. The molecule has 0 aromatic heterocycles. The van der Waals surface area contributed by atoms with Crippen LogP contribution in [0.1, 0.15) is 49.9 Å². The largest absolute Gasteiger partial charge is 0.508 e. The summed E-state index contributed by atoms with van der Waals surface area (Å²) in [4.78, 5) is 52.1. The zero-order valence-corrected chi connectivity index (χ0v) is 21.4. The minimum atomic E-state index is -1.38. The zero-order valence-electron chi connectivity index (χ0n) is 21.4. The maximum atomic E-state index is 13.5. The van der Waals surface area contributed by atoms with Crippen LogP contribution < -0.4 is 16.4 Å². The molecular formula is C26H34N4O6. The zero-order chi connectivity index (χ0) is 27.2. The summed E-state index contributed by atoms with van der Waals surface area (Å²) in [6.07, 6.45) is -1.42. The first-order valence-electron chi connectivity index (χ1n) is 11.4. The molecular weight excluding hydrogens is 464 g/mol. The molecule has 2 aromatic carbocycles. The second-order valence-corrected chi connectivity index (χ2v) is 9.57. The van der Waals surface area contributed by atoms with Gasteiger partial charge in [0.05, 0.1) is 6.42 Å². The minimum absolute atomic E-state index is 0.0983. The Morgan fingerprint density at radius 1 is 1.06 bits per heavy atom. The lowest BCUT2D eigenvalue weighted by molar-refractivity contribution is -0.140. The number of aryl methyl sites for hydroxylation is 2. The Morgan fingerprint density at radius 3 is 2.17 bits per heavy atom. The lowest BCUT2D eigenvalue weighted by Gasteiger charge is -2.31. The minimum Gasteiger partial charge on any atom is -0.508 e. The van der Waals surface area contributed by atoms with Gasteiger partial charge in [-0.25, -0.2) is 4.79 Å². The fourth-order valence-corrected chi connectivity index (χ4v) is 3.67. The van der Waals surface area contributed by atoms with E-state index >= 15 is 0 Å². The molecule has 2 rings (SSSR count). The standard InChI is InChI=1S/C26H34N4O6/c1-15-9-7-10-16(2)21(15)29-23(33)22(17-11-8-12-18(31)13-17)30(6)24(34)19(14-20(27)32)28-25(35)36-26(3,4)5/h7-13,19,22,31H,14H2,1-6H3,(H2,27,32)(H,28,35)(H,29,33). The van der Waals surface area contributed by atoms with Crippen molar-refractivity contribution in [2.75, 3.05) is 12.4 Å². The van der Waals surface area contributed by atoms with Gasteiger partial charge in [0.2, 0.25) is 11.8 Å². The summed E-state index contributed by atoms with van der Waals surface area (Å²) in [5.74, 6) is -2.22. The van der Waals surface area contributed by atoms with Crippen LogP contribution in [0.25, 0.3) is 0 Å². The number of amides is 4. The van der Waals surface area contributed by atoms with Crippen LogP contribution in [0.15, 0.2) is 42.5 Å². The number of hydrogen-bond donors (Lipinski definition) is 4. The fourth-order valence-electron chi connectivity index (χ4n) is 3.67. The molecule has 4 amide bonds. The van der Waals surface area contributed by atoms with Crippen molar-refractivity contribution >= 4 is 29.5 Å². The number of anilines is 1. The van der Waals surface area contributed by atoms with Gasteiger partial charge >= 0.3 is 6.09 Å². The van der Waals surface area contributed by atoms with E-state index in [2.05, 4.69) is 10.6 Å². The predicted octanol–water partition coefficient (Wildman–Crippen LogP) is 2.92. The molecule has 0 aliphatic rings. The van der Waals surface area contributed by atoms with Crippen molar-refractivity contribution in [2.24, 2.45) is 5.73 Å². The quantitative estimate of drug-likeness (QED) is 0.439. The summed E-state index contributed by atoms with van der Waals surface area (Å²) in [6.45, 7) is 8.64. The first-order chi connectivity index (χ1) is 16.7. The SMILES string of the molecule is Cc1cccc(C)c1NC(=O)C(c1cccc(O)c1)N(C)C(=O)C(CC(N)=O)NC(=O)OC(C)(C)C. The van der Waals surface area contributed by atoms with Gasteiger partial charge in [-0.1, -0.05) is 30.3 Å². The lowest BCUT2D eigenvalue weighted by Crippen LogP contribution is -2.52. The van der Waals surface area contributed by atoms with Gasteiger partial charge in [-0.05, 0) is 63.4 Å². The topological polar surface area (TPSA) is 151 Å². The highest BCUT2D eigenvalue weighted by molar-refractivity contribution is 6.00. The number of phenolic OH excluding ortho intramolecular Hbond substituents is 1. The molecule has 10 nitrogen and oxygen atoms in total. The van der Waals surface area contributed by atoms with E-state index in [1.54, 1.807) is 32.9 Å². The van der Waals surface area contributed by atoms with E-state index < -0.39 is 47.9 Å². The monoisotopic (exact) mass is 498 g/mol. The molecule has 0 saturated carbocycles. The van der Waals surface area contributed by atoms with Crippen molar-refractivity contribution in [3.05, 3.63) is 59.2 Å². The van der Waals surface area contributed by atoms with E-state index in [1.165, 1.54) is 19.2 Å². The number of para-hydroxylation sites is 1. The smallest absolute Gasteiger partial charge is 0.408 e. The highest BCUT2D eigenvalue weighted by Gasteiger charge is 2.35. The Kier molecular flexibility index (Phi) is 9.05. The maximum absolute atomic E-state index is 13.5. The second-order valence-electron chi connectivity index (χ2n) is 9.57. The van der Waals surface area contributed by atoms with Crippen molar-refractivity contribution in [1.29, 1.82) is 0 Å². The van der Waals surface area contributed by atoms with Crippen LogP contribution in [0.4, 0.5) is 10.5 Å². The Bertz CT molecular complexity index is 1120. The van der Waals surface area contributed by atoms with Crippen molar-refractivity contribution in [2.45, 2.75) is 58.7 Å². The summed E-state index contributed by atoms with van der Waals surface area (Å²) in [6, 6.07) is 8.89. The summed E-state index contributed by atoms with van der Waals surface area (Å²) in [7, 11) is 1.37. The molecule has 0 saturated heterocycles. The van der Waals surface area contributed by atoms with Gasteiger partial charge in [0.25, 0.3) is 5.91 Å². The van der Waals surface area contributed by atoms with Crippen LogP contribution in [0, 0.1) is 13.8 Å². The van der Waals surface area contributed by atoms with Crippen LogP contribution in [0.2, 0.25) is 0 Å². The number of nitrogens with two attached hydrogens (primary N) is 1. The van der Waals surface area contributed by atoms with Gasteiger partial charge in [0, 0.05) is 12.7 Å². The molecule has 0 spiro atoms. The normalized spacial score (nSPS) is 12.7. The third-order valence-electron chi connectivity index (χ3n) is 5.29. The summed E-state index contributed by atoms with van der Waals surface area (Å²) in [5.41, 5.74) is 7.04. The fraction of sp³-hybridized carbons (Fsp3) is 0.385. The second kappa shape index (κ2) is 11.6. The number of carbonyl (C=O) groups excluding carboxylic acids is 4. The number of carbonyl (C=O) groups is 4. The molecule has 2 atom stereocenters. The molecule has 0 aliphatic heterocycles. The van der Waals surface area contributed by atoms with Crippen LogP contribution in [0.3, 0.4) is 0 Å². The van der Waals surface area contributed by atoms with Gasteiger partial charge in [0.1, 0.15) is 23.4 Å². The van der Waals surface area contributed by atoms with E-state index in [-0.39, 0.29) is 5.75 Å². The number of rotatable bonds is 8. The molecule has 2 unspecified atom stereocenters. The third-order valence-corrected chi connectivity index (χ3v) is 5.29. The molecule has 5 N–H and O–H groups in total. The summed E-state index contributed by atoms with van der Waals surface area (Å²) in [5, 5.41) is 15.3. The van der Waals surface area contributed by atoms with Gasteiger partial charge < -0.3 is 31.1 Å². The van der Waals surface area contributed by atoms with Crippen molar-refractivity contribution in [3.63, 3.8) is 0 Å². The third kappa shape index (κ3) is 7.72. The number of phenols is 1. The number of primary amides is 1. The predicted molar refractivity (Wildman–Crippen MR) is 135 cm³/mol. The number of nitrogens with one attached hydrogen (secondary N) is 2. The molecule has 10 heteroatoms. The van der Waals surface area contributed by atoms with Crippen molar-refractivity contribution < 1.29 is 29.0 Å². The molecule has 194 valence electrons. The molecule has 0 fully saturated rings.